The molecule has 184 valence electrons. The maximum Gasteiger partial charge on any atom is 0.407 e. The number of phenolic OH excluding ortho intramolecular Hbond substituents is 1. The van der Waals surface area contributed by atoms with Gasteiger partial charge in [0.25, 0.3) is 0 Å². The Morgan fingerprint density at radius 1 is 1.32 bits per heavy atom. The van der Waals surface area contributed by atoms with E-state index in [0.29, 0.717) is 30.8 Å². The normalized spacial score (nSPS) is 31.1. The molecule has 1 fully saturated rings. The Bertz CT molecular complexity index is 1080. The Morgan fingerprint density at radius 3 is 2.82 bits per heavy atom. The zero-order valence-electron chi connectivity index (χ0n) is 20.0. The van der Waals surface area contributed by atoms with Crippen LogP contribution in [0.5, 0.6) is 11.5 Å². The highest BCUT2D eigenvalue weighted by Crippen LogP contribution is 2.65. The van der Waals surface area contributed by atoms with Crippen molar-refractivity contribution in [1.29, 1.82) is 0 Å². The average molecular weight is 473 g/mol. The molecule has 1 aromatic rings. The van der Waals surface area contributed by atoms with E-state index in [1.807, 2.05) is 13.1 Å². The van der Waals surface area contributed by atoms with Crippen LogP contribution >= 0.6 is 0 Å². The second-order valence-corrected chi connectivity index (χ2v) is 10.8. The second-order valence-electron chi connectivity index (χ2n) is 10.8. The standard InChI is InChI=1S/C25H32N2O7/c1-23(2,3)34-22(30)26-11-8-18(29)32-16-7-9-25(31)17-13-14-5-6-15(28)20-19(14)24(25,21(16)33-20)10-12-27(17)4/h5-7,17,21,28,31H,8-13H2,1-4H3,(H,26,30)/t17-,21+,24+,25-/m1/s1. The van der Waals surface area contributed by atoms with Crippen LogP contribution < -0.4 is 10.1 Å². The first-order valence-corrected chi connectivity index (χ1v) is 11.8. The van der Waals surface area contributed by atoms with E-state index in [1.54, 1.807) is 32.9 Å². The van der Waals surface area contributed by atoms with Gasteiger partial charge < -0.3 is 34.6 Å². The summed E-state index contributed by atoms with van der Waals surface area (Å²) in [5.74, 6) is 0.223. The van der Waals surface area contributed by atoms with E-state index in [2.05, 4.69) is 10.2 Å². The first kappa shape index (κ1) is 23.0. The molecular formula is C25H32N2O7. The summed E-state index contributed by atoms with van der Waals surface area (Å²) in [5, 5.41) is 25.2. The number of likely N-dealkylation sites (N-methyl/N-ethyl adjacent to an activating group) is 1. The van der Waals surface area contributed by atoms with Crippen molar-refractivity contribution in [3.05, 3.63) is 35.1 Å². The lowest BCUT2D eigenvalue weighted by Crippen LogP contribution is -2.74. The van der Waals surface area contributed by atoms with Gasteiger partial charge >= 0.3 is 12.1 Å². The minimum absolute atomic E-state index is 0.0227. The molecule has 5 rings (SSSR count). The number of hydrogen-bond donors (Lipinski definition) is 3. The van der Waals surface area contributed by atoms with E-state index in [-0.39, 0.29) is 24.8 Å². The molecule has 9 heteroatoms. The van der Waals surface area contributed by atoms with Gasteiger partial charge in [-0.25, -0.2) is 4.79 Å². The monoisotopic (exact) mass is 472 g/mol. The smallest absolute Gasteiger partial charge is 0.407 e. The summed E-state index contributed by atoms with van der Waals surface area (Å²) in [6.07, 6.45) is 1.96. The molecule has 1 amide bonds. The third-order valence-electron chi connectivity index (χ3n) is 7.58. The number of carbonyl (C=O) groups excluding carboxylic acids is 2. The molecule has 2 aliphatic carbocycles. The van der Waals surface area contributed by atoms with Crippen LogP contribution in [0.2, 0.25) is 0 Å². The number of carbonyl (C=O) groups is 2. The van der Waals surface area contributed by atoms with E-state index < -0.39 is 34.8 Å². The molecule has 4 aliphatic rings. The summed E-state index contributed by atoms with van der Waals surface area (Å²) in [4.78, 5) is 26.6. The van der Waals surface area contributed by atoms with Gasteiger partial charge in [-0.2, -0.15) is 0 Å². The predicted octanol–water partition coefficient (Wildman–Crippen LogP) is 2.13. The van der Waals surface area contributed by atoms with E-state index >= 15 is 0 Å². The number of benzene rings is 1. The Balaban J connectivity index is 1.37. The van der Waals surface area contributed by atoms with Gasteiger partial charge in [0.05, 0.1) is 17.4 Å². The Morgan fingerprint density at radius 2 is 2.09 bits per heavy atom. The number of likely N-dealkylation sites (tertiary alicyclic amines) is 1. The molecule has 0 saturated carbocycles. The number of nitrogens with zero attached hydrogens (tertiary/aromatic N) is 1. The van der Waals surface area contributed by atoms with Crippen LogP contribution in [-0.2, 0) is 26.1 Å². The van der Waals surface area contributed by atoms with Gasteiger partial charge in [-0.1, -0.05) is 6.07 Å². The molecule has 34 heavy (non-hydrogen) atoms. The van der Waals surface area contributed by atoms with Gasteiger partial charge in [0.15, 0.2) is 17.6 Å². The molecule has 1 spiro atoms. The minimum Gasteiger partial charge on any atom is -0.504 e. The van der Waals surface area contributed by atoms with Crippen molar-refractivity contribution in [2.24, 2.45) is 0 Å². The number of nitrogens with one attached hydrogen (secondary N) is 1. The highest BCUT2D eigenvalue weighted by atomic mass is 16.6. The summed E-state index contributed by atoms with van der Waals surface area (Å²) in [6, 6.07) is 3.42. The van der Waals surface area contributed by atoms with E-state index in [9.17, 15) is 19.8 Å². The van der Waals surface area contributed by atoms with Crippen molar-refractivity contribution in [2.75, 3.05) is 20.1 Å². The summed E-state index contributed by atoms with van der Waals surface area (Å²) in [5.41, 5.74) is -0.641. The lowest BCUT2D eigenvalue weighted by molar-refractivity contribution is -0.169. The van der Waals surface area contributed by atoms with Crippen LogP contribution in [0, 0.1) is 0 Å². The number of piperidine rings is 1. The number of esters is 1. The number of aliphatic hydroxyl groups is 1. The van der Waals surface area contributed by atoms with Gasteiger partial charge in [0.2, 0.25) is 0 Å². The quantitative estimate of drug-likeness (QED) is 0.571. The lowest BCUT2D eigenvalue weighted by atomic mass is 9.50. The first-order chi connectivity index (χ1) is 16.0. The lowest BCUT2D eigenvalue weighted by Gasteiger charge is -2.61. The second kappa shape index (κ2) is 7.61. The van der Waals surface area contributed by atoms with Crippen LogP contribution in [-0.4, -0.2) is 70.7 Å². The number of ether oxygens (including phenoxy) is 3. The summed E-state index contributed by atoms with van der Waals surface area (Å²) in [7, 11) is 2.02. The molecule has 1 saturated heterocycles. The zero-order valence-corrected chi connectivity index (χ0v) is 20.0. The van der Waals surface area contributed by atoms with Crippen molar-refractivity contribution in [3.63, 3.8) is 0 Å². The third-order valence-corrected chi connectivity index (χ3v) is 7.58. The molecule has 0 unspecified atom stereocenters. The Hall–Kier alpha value is -2.78. The number of phenols is 1. The fourth-order valence-electron chi connectivity index (χ4n) is 6.20. The fourth-order valence-corrected chi connectivity index (χ4v) is 6.20. The number of rotatable bonds is 4. The Labute approximate surface area is 198 Å². The zero-order chi connectivity index (χ0) is 24.5. The minimum atomic E-state index is -1.11. The molecule has 2 heterocycles. The number of alkyl carbamates (subject to hydrolysis) is 1. The van der Waals surface area contributed by atoms with Gasteiger partial charge in [-0.05, 0) is 64.9 Å². The molecule has 3 N–H and O–H groups in total. The molecule has 1 aromatic carbocycles. The Kier molecular flexibility index (Phi) is 5.15. The number of aromatic hydroxyl groups is 1. The molecule has 4 atom stereocenters. The van der Waals surface area contributed by atoms with Gasteiger partial charge in [-0.3, -0.25) is 4.79 Å². The summed E-state index contributed by atoms with van der Waals surface area (Å²) >= 11 is 0. The fraction of sp³-hybridized carbons (Fsp3) is 0.600. The van der Waals surface area contributed by atoms with Crippen molar-refractivity contribution in [1.82, 2.24) is 10.2 Å². The first-order valence-electron chi connectivity index (χ1n) is 11.8. The molecular weight excluding hydrogens is 440 g/mol. The van der Waals surface area contributed by atoms with Crippen LogP contribution in [0.1, 0.15) is 51.2 Å². The number of amides is 1. The molecule has 0 radical (unpaired) electrons. The van der Waals surface area contributed by atoms with E-state index in [0.717, 1.165) is 17.7 Å². The van der Waals surface area contributed by atoms with Gasteiger partial charge in [0.1, 0.15) is 11.4 Å². The van der Waals surface area contributed by atoms with E-state index in [4.69, 9.17) is 14.2 Å². The maximum atomic E-state index is 12.6. The highest BCUT2D eigenvalue weighted by molar-refractivity contribution is 5.73. The summed E-state index contributed by atoms with van der Waals surface area (Å²) in [6.45, 7) is 6.11. The topological polar surface area (TPSA) is 118 Å². The average Bonchev–Trinajstić information content (AvgIpc) is 3.09. The van der Waals surface area contributed by atoms with Crippen LogP contribution in [0.15, 0.2) is 24.0 Å². The largest absolute Gasteiger partial charge is 0.504 e. The highest BCUT2D eigenvalue weighted by Gasteiger charge is 2.72. The van der Waals surface area contributed by atoms with Crippen molar-refractivity contribution >= 4 is 12.1 Å². The molecule has 2 aliphatic heterocycles. The maximum absolute atomic E-state index is 12.6. The predicted molar refractivity (Wildman–Crippen MR) is 122 cm³/mol. The molecule has 0 aromatic heterocycles. The SMILES string of the molecule is CN1CC[C@]23c4c5ccc(O)c4O[C@H]2C(OC(=O)CCNC(=O)OC(C)(C)C)=CC[C@@]3(O)[C@H]1C5. The van der Waals surface area contributed by atoms with Gasteiger partial charge in [0, 0.05) is 24.6 Å². The van der Waals surface area contributed by atoms with Gasteiger partial charge in [-0.15, -0.1) is 0 Å². The van der Waals surface area contributed by atoms with Crippen LogP contribution in [0.3, 0.4) is 0 Å². The third kappa shape index (κ3) is 3.28. The van der Waals surface area contributed by atoms with Crippen molar-refractivity contribution in [2.45, 2.75) is 75.2 Å². The number of hydrogen-bond acceptors (Lipinski definition) is 8. The molecule has 9 nitrogen and oxygen atoms in total. The summed E-state index contributed by atoms with van der Waals surface area (Å²) < 4.78 is 17.2. The molecule has 2 bridgehead atoms. The van der Waals surface area contributed by atoms with Crippen LogP contribution in [0.25, 0.3) is 0 Å². The van der Waals surface area contributed by atoms with Crippen LogP contribution in [0.4, 0.5) is 4.79 Å². The van der Waals surface area contributed by atoms with E-state index in [1.165, 1.54) is 0 Å². The van der Waals surface area contributed by atoms with Crippen molar-refractivity contribution < 1.29 is 34.0 Å². The van der Waals surface area contributed by atoms with Crippen molar-refractivity contribution in [3.8, 4) is 11.5 Å².